The normalized spacial score (nSPS) is 8.76. The molecule has 0 fully saturated rings. The first kappa shape index (κ1) is 25.0. The van der Waals surface area contributed by atoms with E-state index in [9.17, 15) is 19.8 Å². The molecule has 0 amide bonds. The number of carboxylic acid groups (broad SMARTS) is 2. The summed E-state index contributed by atoms with van der Waals surface area (Å²) in [4.78, 5) is 19.0. The molecule has 6 nitrogen and oxygen atoms in total. The van der Waals surface area contributed by atoms with Gasteiger partial charge in [-0.3, -0.25) is 0 Å². The number of hydrogen-bond donors (Lipinski definition) is 0. The van der Waals surface area contributed by atoms with Gasteiger partial charge in [0.15, 0.2) is 0 Å². The van der Waals surface area contributed by atoms with E-state index >= 15 is 0 Å². The maximum absolute atomic E-state index is 9.49. The topological polar surface area (TPSA) is 98.7 Å². The molecule has 0 aliphatic carbocycles. The van der Waals surface area contributed by atoms with Gasteiger partial charge in [0.05, 0.1) is 11.9 Å². The summed E-state index contributed by atoms with van der Waals surface area (Å²) in [7, 11) is 0. The van der Waals surface area contributed by atoms with Crippen LogP contribution in [0.25, 0.3) is 0 Å². The summed E-state index contributed by atoms with van der Waals surface area (Å²) in [6.45, 7) is 17.0. The summed E-state index contributed by atoms with van der Waals surface area (Å²) in [5.74, 6) is -2.37. The van der Waals surface area contributed by atoms with Gasteiger partial charge in [-0.05, 0) is 25.0 Å². The molecule has 0 aliphatic rings. The fraction of sp³-hybridized carbons (Fsp3) is 0.571. The van der Waals surface area contributed by atoms with Crippen molar-refractivity contribution in [1.82, 2.24) is 0 Å². The number of aliphatic carboxylic acids is 2. The Labute approximate surface area is 136 Å². The van der Waals surface area contributed by atoms with Crippen LogP contribution < -0.4 is 10.2 Å². The van der Waals surface area contributed by atoms with Gasteiger partial charge in [0.2, 0.25) is 0 Å². The number of hydrogen-bond acceptors (Lipinski definition) is 6. The van der Waals surface area contributed by atoms with Gasteiger partial charge in [0.25, 0.3) is 0 Å². The summed E-state index contributed by atoms with van der Waals surface area (Å²) in [5, 5.41) is 19.0. The number of carbonyl (C=O) groups is 2. The second-order valence-electron chi connectivity index (χ2n) is 4.55. The molecular weight excluding hydrogens is 312 g/mol. The van der Waals surface area contributed by atoms with Crippen LogP contribution in [0.2, 0.25) is 0 Å². The Bertz CT molecular complexity index is 280. The van der Waals surface area contributed by atoms with Crippen LogP contribution in [-0.2, 0) is 36.2 Å². The summed E-state index contributed by atoms with van der Waals surface area (Å²) in [6.07, 6.45) is 0.646. The first-order valence-electron chi connectivity index (χ1n) is 6.21. The SMILES string of the molecule is C=C(C)C(=O)[O-].C=C(C)C(=O)[O-].CC(C)[O][Ti+2][O]C(C)C. The molecule has 0 heterocycles. The molecule has 0 aromatic carbocycles. The second kappa shape index (κ2) is 15.4. The molecule has 0 atom stereocenters. The van der Waals surface area contributed by atoms with E-state index in [1.807, 2.05) is 27.7 Å². The van der Waals surface area contributed by atoms with Crippen molar-refractivity contribution in [2.75, 3.05) is 0 Å². The Balaban J connectivity index is -0.000000240. The molecule has 0 rings (SSSR count). The van der Waals surface area contributed by atoms with E-state index in [0.717, 1.165) is 0 Å². The Hall–Kier alpha value is -0.946. The van der Waals surface area contributed by atoms with Gasteiger partial charge in [0, 0.05) is 0 Å². The third kappa shape index (κ3) is 32.5. The van der Waals surface area contributed by atoms with Crippen LogP contribution in [0, 0.1) is 0 Å². The van der Waals surface area contributed by atoms with Gasteiger partial charge >= 0.3 is 66.5 Å². The van der Waals surface area contributed by atoms with Crippen molar-refractivity contribution in [3.63, 3.8) is 0 Å². The molecule has 0 aromatic rings. The van der Waals surface area contributed by atoms with Crippen LogP contribution >= 0.6 is 0 Å². The molecular formula is C14H24O6Ti. The zero-order chi connectivity index (χ0) is 17.6. The van der Waals surface area contributed by atoms with Gasteiger partial charge in [-0.1, -0.05) is 13.2 Å². The second-order valence-corrected chi connectivity index (χ2v) is 5.55. The Kier molecular flexibility index (Phi) is 18.4. The van der Waals surface area contributed by atoms with Crippen LogP contribution in [0.4, 0.5) is 0 Å². The first-order chi connectivity index (χ1) is 9.41. The number of carbonyl (C=O) groups excluding carboxylic acids is 2. The molecule has 0 saturated heterocycles. The molecule has 0 unspecified atom stereocenters. The van der Waals surface area contributed by atoms with Crippen LogP contribution in [0.3, 0.4) is 0 Å². The van der Waals surface area contributed by atoms with Gasteiger partial charge in [-0.2, -0.15) is 0 Å². The van der Waals surface area contributed by atoms with Crippen molar-refractivity contribution in [2.45, 2.75) is 53.8 Å². The van der Waals surface area contributed by atoms with Crippen LogP contribution in [0.1, 0.15) is 41.5 Å². The minimum absolute atomic E-state index is 0.0648. The van der Waals surface area contributed by atoms with E-state index < -0.39 is 31.9 Å². The van der Waals surface area contributed by atoms with Crippen LogP contribution in [-0.4, -0.2) is 24.1 Å². The van der Waals surface area contributed by atoms with E-state index in [2.05, 4.69) is 13.2 Å². The minimum atomic E-state index is -1.19. The Morgan fingerprint density at radius 3 is 1.14 bits per heavy atom. The van der Waals surface area contributed by atoms with Crippen molar-refractivity contribution < 1.29 is 46.4 Å². The van der Waals surface area contributed by atoms with E-state index in [1.165, 1.54) is 13.8 Å². The standard InChI is InChI=1S/2C4H6O2.2C3H7O.Ti/c2*1-3(2)4(5)6;2*1-3(2)4;/h2*1H2,2H3,(H,5,6);2*3H,1-2H3;/q;;2*-1;+4/p-2. The third-order valence-corrected chi connectivity index (χ3v) is 3.04. The van der Waals surface area contributed by atoms with Crippen molar-refractivity contribution in [2.24, 2.45) is 0 Å². The zero-order valence-corrected chi connectivity index (χ0v) is 15.1. The van der Waals surface area contributed by atoms with Gasteiger partial charge < -0.3 is 19.8 Å². The quantitative estimate of drug-likeness (QED) is 0.513. The fourth-order valence-electron chi connectivity index (χ4n) is 0.220. The number of rotatable bonds is 6. The molecule has 7 heteroatoms. The molecule has 0 aliphatic heterocycles. The summed E-state index contributed by atoms with van der Waals surface area (Å²) >= 11 is -0.574. The van der Waals surface area contributed by atoms with Crippen molar-refractivity contribution in [3.05, 3.63) is 24.3 Å². The maximum atomic E-state index is 9.49. The van der Waals surface area contributed by atoms with Crippen molar-refractivity contribution in [3.8, 4) is 0 Å². The molecule has 0 radical (unpaired) electrons. The Morgan fingerprint density at radius 1 is 0.857 bits per heavy atom. The van der Waals surface area contributed by atoms with E-state index in [4.69, 9.17) is 6.64 Å². The third-order valence-electron chi connectivity index (χ3n) is 1.26. The molecule has 0 saturated carbocycles. The molecule has 120 valence electrons. The molecule has 21 heavy (non-hydrogen) atoms. The van der Waals surface area contributed by atoms with Crippen molar-refractivity contribution >= 4 is 11.9 Å². The average Bonchev–Trinajstić information content (AvgIpc) is 2.29. The zero-order valence-electron chi connectivity index (χ0n) is 13.5. The van der Waals surface area contributed by atoms with Gasteiger partial charge in [-0.25, -0.2) is 0 Å². The molecule has 0 aromatic heterocycles. The predicted molar refractivity (Wildman–Crippen MR) is 72.1 cm³/mol. The van der Waals surface area contributed by atoms with E-state index in [-0.39, 0.29) is 11.1 Å². The van der Waals surface area contributed by atoms with Gasteiger partial charge in [0.1, 0.15) is 0 Å². The molecule has 0 bridgehead atoms. The molecule has 0 spiro atoms. The summed E-state index contributed by atoms with van der Waals surface area (Å²) in [5.41, 5.74) is 0.130. The molecule has 0 N–H and O–H groups in total. The van der Waals surface area contributed by atoms with Gasteiger partial charge in [-0.15, -0.1) is 0 Å². The Morgan fingerprint density at radius 2 is 1.05 bits per heavy atom. The van der Waals surface area contributed by atoms with E-state index in [1.54, 1.807) is 0 Å². The number of carboxylic acids is 2. The first-order valence-corrected chi connectivity index (χ1v) is 7.49. The van der Waals surface area contributed by atoms with Crippen LogP contribution in [0.5, 0.6) is 0 Å². The fourth-order valence-corrected chi connectivity index (χ4v) is 0.908. The summed E-state index contributed by atoms with van der Waals surface area (Å²) in [6, 6.07) is 0. The summed E-state index contributed by atoms with van der Waals surface area (Å²) < 4.78 is 10.5. The van der Waals surface area contributed by atoms with Crippen LogP contribution in [0.15, 0.2) is 24.3 Å². The predicted octanol–water partition coefficient (Wildman–Crippen LogP) is 0.374. The van der Waals surface area contributed by atoms with E-state index in [0.29, 0.717) is 12.2 Å². The monoisotopic (exact) mass is 336 g/mol. The van der Waals surface area contributed by atoms with Crippen molar-refractivity contribution in [1.29, 1.82) is 0 Å². The average molecular weight is 336 g/mol.